The van der Waals surface area contributed by atoms with Gasteiger partial charge in [0.05, 0.1) is 0 Å². The molecule has 25 heavy (non-hydrogen) atoms. The molecule has 2 aromatic carbocycles. The van der Waals surface area contributed by atoms with Crippen LogP contribution in [0.25, 0.3) is 0 Å². The Labute approximate surface area is 145 Å². The van der Waals surface area contributed by atoms with Crippen LogP contribution in [0.15, 0.2) is 67.0 Å². The van der Waals surface area contributed by atoms with Crippen LogP contribution >= 0.6 is 0 Å². The minimum atomic E-state index is -0.301. The van der Waals surface area contributed by atoms with E-state index in [9.17, 15) is 9.18 Å². The van der Waals surface area contributed by atoms with E-state index in [1.54, 1.807) is 30.3 Å². The zero-order chi connectivity index (χ0) is 17.6. The number of halogens is 1. The topological polar surface area (TPSA) is 58.1 Å². The SMILES string of the molecule is CN(Cc1ccc(F)cc1)c1cc(C(=O)Nc2ccccc2)ncn1. The van der Waals surface area contributed by atoms with Crippen molar-refractivity contribution in [3.63, 3.8) is 0 Å². The molecule has 0 radical (unpaired) electrons. The summed E-state index contributed by atoms with van der Waals surface area (Å²) in [4.78, 5) is 22.4. The molecule has 0 bridgehead atoms. The van der Waals surface area contributed by atoms with Crippen molar-refractivity contribution in [2.75, 3.05) is 17.3 Å². The van der Waals surface area contributed by atoms with Gasteiger partial charge in [-0.3, -0.25) is 4.79 Å². The maximum Gasteiger partial charge on any atom is 0.274 e. The molecule has 6 heteroatoms. The first-order valence-electron chi connectivity index (χ1n) is 7.76. The van der Waals surface area contributed by atoms with Gasteiger partial charge in [-0.25, -0.2) is 14.4 Å². The summed E-state index contributed by atoms with van der Waals surface area (Å²) >= 11 is 0. The number of aromatic nitrogens is 2. The third-order valence-corrected chi connectivity index (χ3v) is 3.64. The molecule has 1 heterocycles. The van der Waals surface area contributed by atoms with Crippen molar-refractivity contribution in [1.82, 2.24) is 9.97 Å². The van der Waals surface area contributed by atoms with E-state index in [0.29, 0.717) is 18.1 Å². The van der Waals surface area contributed by atoms with E-state index in [0.717, 1.165) is 5.56 Å². The van der Waals surface area contributed by atoms with Gasteiger partial charge in [-0.1, -0.05) is 30.3 Å². The lowest BCUT2D eigenvalue weighted by molar-refractivity contribution is 0.102. The highest BCUT2D eigenvalue weighted by atomic mass is 19.1. The van der Waals surface area contributed by atoms with Crippen molar-refractivity contribution in [3.8, 4) is 0 Å². The van der Waals surface area contributed by atoms with Crippen molar-refractivity contribution < 1.29 is 9.18 Å². The molecule has 1 aromatic heterocycles. The average Bonchev–Trinajstić information content (AvgIpc) is 2.64. The largest absolute Gasteiger partial charge is 0.355 e. The summed E-state index contributed by atoms with van der Waals surface area (Å²) in [6.07, 6.45) is 1.36. The maximum absolute atomic E-state index is 13.0. The van der Waals surface area contributed by atoms with E-state index < -0.39 is 0 Å². The highest BCUT2D eigenvalue weighted by Crippen LogP contribution is 2.15. The zero-order valence-electron chi connectivity index (χ0n) is 13.7. The fraction of sp³-hybridized carbons (Fsp3) is 0.105. The standard InChI is InChI=1S/C19H17FN4O/c1-24(12-14-7-9-15(20)10-8-14)18-11-17(21-13-22-18)19(25)23-16-5-3-2-4-6-16/h2-11,13H,12H2,1H3,(H,23,25). The van der Waals surface area contributed by atoms with Gasteiger partial charge in [0.25, 0.3) is 5.91 Å². The van der Waals surface area contributed by atoms with Gasteiger partial charge in [-0.05, 0) is 29.8 Å². The first-order valence-corrected chi connectivity index (χ1v) is 7.76. The molecule has 1 N–H and O–H groups in total. The molecular formula is C19H17FN4O. The lowest BCUT2D eigenvalue weighted by atomic mass is 10.2. The van der Waals surface area contributed by atoms with Gasteiger partial charge in [0.1, 0.15) is 23.7 Å². The predicted molar refractivity (Wildman–Crippen MR) is 94.9 cm³/mol. The minimum Gasteiger partial charge on any atom is -0.355 e. The van der Waals surface area contributed by atoms with Crippen LogP contribution < -0.4 is 10.2 Å². The molecular weight excluding hydrogens is 319 g/mol. The Morgan fingerprint density at radius 3 is 2.52 bits per heavy atom. The second-order valence-electron chi connectivity index (χ2n) is 5.56. The van der Waals surface area contributed by atoms with Crippen molar-refractivity contribution in [3.05, 3.63) is 84.1 Å². The number of hydrogen-bond acceptors (Lipinski definition) is 4. The number of carbonyl (C=O) groups excluding carboxylic acids is 1. The summed E-state index contributed by atoms with van der Waals surface area (Å²) in [5, 5.41) is 2.79. The third kappa shape index (κ3) is 4.38. The van der Waals surface area contributed by atoms with Crippen LogP contribution in [0.3, 0.4) is 0 Å². The molecule has 3 rings (SSSR count). The number of para-hydroxylation sites is 1. The first kappa shape index (κ1) is 16.6. The molecule has 0 unspecified atom stereocenters. The fourth-order valence-electron chi connectivity index (χ4n) is 2.34. The van der Waals surface area contributed by atoms with E-state index in [2.05, 4.69) is 15.3 Å². The summed E-state index contributed by atoms with van der Waals surface area (Å²) in [5.41, 5.74) is 1.92. The van der Waals surface area contributed by atoms with Gasteiger partial charge in [0, 0.05) is 25.3 Å². The van der Waals surface area contributed by atoms with E-state index in [1.165, 1.54) is 18.5 Å². The second-order valence-corrected chi connectivity index (χ2v) is 5.56. The van der Waals surface area contributed by atoms with E-state index in [-0.39, 0.29) is 17.4 Å². The van der Waals surface area contributed by atoms with Crippen molar-refractivity contribution in [2.45, 2.75) is 6.54 Å². The lowest BCUT2D eigenvalue weighted by Gasteiger charge is -2.18. The predicted octanol–water partition coefficient (Wildman–Crippen LogP) is 3.50. The van der Waals surface area contributed by atoms with Crippen LogP contribution in [0.2, 0.25) is 0 Å². The molecule has 126 valence electrons. The molecule has 5 nitrogen and oxygen atoms in total. The van der Waals surface area contributed by atoms with E-state index >= 15 is 0 Å². The van der Waals surface area contributed by atoms with Gasteiger partial charge in [0.15, 0.2) is 0 Å². The molecule has 0 spiro atoms. The van der Waals surface area contributed by atoms with E-state index in [1.807, 2.05) is 30.1 Å². The number of nitrogens with zero attached hydrogens (tertiary/aromatic N) is 3. The Kier molecular flexibility index (Phi) is 4.99. The molecule has 3 aromatic rings. The van der Waals surface area contributed by atoms with Gasteiger partial charge >= 0.3 is 0 Å². The number of anilines is 2. The van der Waals surface area contributed by atoms with Gasteiger partial charge in [0.2, 0.25) is 0 Å². The summed E-state index contributed by atoms with van der Waals surface area (Å²) in [7, 11) is 1.85. The van der Waals surface area contributed by atoms with Crippen molar-refractivity contribution >= 4 is 17.4 Å². The lowest BCUT2D eigenvalue weighted by Crippen LogP contribution is -2.20. The van der Waals surface area contributed by atoms with E-state index in [4.69, 9.17) is 0 Å². The third-order valence-electron chi connectivity index (χ3n) is 3.64. The molecule has 0 saturated carbocycles. The number of benzene rings is 2. The molecule has 0 aliphatic rings. The Morgan fingerprint density at radius 2 is 1.80 bits per heavy atom. The van der Waals surface area contributed by atoms with Crippen LogP contribution in [0.4, 0.5) is 15.9 Å². The Balaban J connectivity index is 1.72. The highest BCUT2D eigenvalue weighted by Gasteiger charge is 2.11. The van der Waals surface area contributed by atoms with Gasteiger partial charge in [-0.15, -0.1) is 0 Å². The number of hydrogen-bond donors (Lipinski definition) is 1. The summed E-state index contributed by atoms with van der Waals surface area (Å²) < 4.78 is 13.0. The molecule has 0 atom stereocenters. The summed E-state index contributed by atoms with van der Waals surface area (Å²) in [6.45, 7) is 0.539. The monoisotopic (exact) mass is 336 g/mol. The van der Waals surface area contributed by atoms with Crippen LogP contribution in [-0.2, 0) is 6.54 Å². The minimum absolute atomic E-state index is 0.270. The smallest absolute Gasteiger partial charge is 0.274 e. The Bertz CT molecular complexity index is 853. The van der Waals surface area contributed by atoms with Gasteiger partial charge < -0.3 is 10.2 Å². The number of rotatable bonds is 5. The summed E-state index contributed by atoms with van der Waals surface area (Å²) in [5.74, 6) is 0.0378. The second kappa shape index (κ2) is 7.53. The molecule has 0 saturated heterocycles. The molecule has 0 fully saturated rings. The maximum atomic E-state index is 13.0. The van der Waals surface area contributed by atoms with Crippen molar-refractivity contribution in [2.24, 2.45) is 0 Å². The van der Waals surface area contributed by atoms with Crippen LogP contribution in [0.5, 0.6) is 0 Å². The zero-order valence-corrected chi connectivity index (χ0v) is 13.7. The number of nitrogens with one attached hydrogen (secondary N) is 1. The van der Waals surface area contributed by atoms with Gasteiger partial charge in [-0.2, -0.15) is 0 Å². The molecule has 0 aliphatic carbocycles. The van der Waals surface area contributed by atoms with Crippen LogP contribution in [0.1, 0.15) is 16.1 Å². The quantitative estimate of drug-likeness (QED) is 0.775. The summed E-state index contributed by atoms with van der Waals surface area (Å²) in [6, 6.07) is 17.1. The Morgan fingerprint density at radius 1 is 1.08 bits per heavy atom. The number of carbonyl (C=O) groups is 1. The highest BCUT2D eigenvalue weighted by molar-refractivity contribution is 6.03. The van der Waals surface area contributed by atoms with Crippen LogP contribution in [0, 0.1) is 5.82 Å². The normalized spacial score (nSPS) is 10.3. The molecule has 0 aliphatic heterocycles. The number of amides is 1. The molecule has 1 amide bonds. The average molecular weight is 336 g/mol. The van der Waals surface area contributed by atoms with Crippen molar-refractivity contribution in [1.29, 1.82) is 0 Å². The first-order chi connectivity index (χ1) is 12.1. The Hall–Kier alpha value is -3.28. The fourth-order valence-corrected chi connectivity index (χ4v) is 2.34. The van der Waals surface area contributed by atoms with Crippen LogP contribution in [-0.4, -0.2) is 22.9 Å².